The lowest BCUT2D eigenvalue weighted by atomic mass is 9.99. The van der Waals surface area contributed by atoms with Gasteiger partial charge in [-0.3, -0.25) is 0 Å². The van der Waals surface area contributed by atoms with Crippen LogP contribution in [0.2, 0.25) is 0 Å². The van der Waals surface area contributed by atoms with Crippen LogP contribution in [0.25, 0.3) is 85.5 Å². The molecule has 0 unspecified atom stereocenters. The van der Waals surface area contributed by atoms with Gasteiger partial charge in [0, 0.05) is 37.2 Å². The third-order valence-corrected chi connectivity index (χ3v) is 12.1. The monoisotopic (exact) mass is 703 g/mol. The molecular formula is C52H33NS. The molecular weight excluding hydrogens is 671 g/mol. The van der Waals surface area contributed by atoms with Gasteiger partial charge >= 0.3 is 0 Å². The van der Waals surface area contributed by atoms with Crippen LogP contribution in [0, 0.1) is 0 Å². The number of fused-ring (bicyclic) bond motifs is 8. The van der Waals surface area contributed by atoms with E-state index in [1.165, 1.54) is 85.5 Å². The second-order valence-corrected chi connectivity index (χ2v) is 15.3. The summed E-state index contributed by atoms with van der Waals surface area (Å²) in [5.41, 5.74) is 8.19. The quantitative estimate of drug-likeness (QED) is 0.161. The molecule has 0 amide bonds. The van der Waals surface area contributed by atoms with Crippen molar-refractivity contribution in [3.63, 3.8) is 0 Å². The maximum Gasteiger partial charge on any atom is 0.0468 e. The molecule has 0 bridgehead atoms. The molecule has 0 fully saturated rings. The first-order chi connectivity index (χ1) is 26.7. The summed E-state index contributed by atoms with van der Waals surface area (Å²) in [5, 5.41) is 12.7. The van der Waals surface area contributed by atoms with Crippen LogP contribution in [0.15, 0.2) is 200 Å². The van der Waals surface area contributed by atoms with E-state index in [1.54, 1.807) is 0 Å². The Bertz CT molecular complexity index is 3230. The first-order valence-corrected chi connectivity index (χ1v) is 19.3. The van der Waals surface area contributed by atoms with E-state index in [0.29, 0.717) is 0 Å². The maximum atomic E-state index is 2.40. The Hall–Kier alpha value is -6.74. The van der Waals surface area contributed by atoms with Gasteiger partial charge in [0.1, 0.15) is 0 Å². The van der Waals surface area contributed by atoms with E-state index < -0.39 is 0 Å². The largest absolute Gasteiger partial charge is 0.310 e. The van der Waals surface area contributed by atoms with Gasteiger partial charge in [-0.1, -0.05) is 140 Å². The van der Waals surface area contributed by atoms with Crippen LogP contribution in [0.1, 0.15) is 0 Å². The number of benzene rings is 10. The van der Waals surface area contributed by atoms with Crippen molar-refractivity contribution in [3.05, 3.63) is 200 Å². The number of nitrogens with zero attached hydrogens (tertiary/aromatic N) is 1. The van der Waals surface area contributed by atoms with Gasteiger partial charge in [0.15, 0.2) is 0 Å². The van der Waals surface area contributed by atoms with Gasteiger partial charge in [-0.2, -0.15) is 0 Å². The summed E-state index contributed by atoms with van der Waals surface area (Å²) in [6.07, 6.45) is 0. The molecule has 0 aliphatic carbocycles. The highest BCUT2D eigenvalue weighted by atomic mass is 32.1. The molecule has 0 aliphatic rings. The predicted octanol–water partition coefficient (Wildman–Crippen LogP) is 15.5. The van der Waals surface area contributed by atoms with Gasteiger partial charge in [-0.05, 0) is 126 Å². The van der Waals surface area contributed by atoms with Crippen molar-refractivity contribution in [2.75, 3.05) is 4.90 Å². The fourth-order valence-electron chi connectivity index (χ4n) is 8.21. The molecule has 0 spiro atoms. The summed E-state index contributed by atoms with van der Waals surface area (Å²) < 4.78 is 2.65. The predicted molar refractivity (Wildman–Crippen MR) is 235 cm³/mol. The van der Waals surface area contributed by atoms with E-state index in [4.69, 9.17) is 0 Å². The molecule has 1 nitrogen and oxygen atoms in total. The highest BCUT2D eigenvalue weighted by Gasteiger charge is 2.16. The lowest BCUT2D eigenvalue weighted by Crippen LogP contribution is -2.10. The fourth-order valence-corrected chi connectivity index (χ4v) is 9.39. The average molecular weight is 704 g/mol. The molecule has 0 radical (unpaired) electrons. The minimum Gasteiger partial charge on any atom is -0.310 e. The summed E-state index contributed by atoms with van der Waals surface area (Å²) >= 11 is 1.88. The molecule has 54 heavy (non-hydrogen) atoms. The molecule has 1 heterocycles. The third kappa shape index (κ3) is 5.23. The zero-order chi connectivity index (χ0) is 35.6. The normalized spacial score (nSPS) is 11.7. The van der Waals surface area contributed by atoms with Gasteiger partial charge in [-0.25, -0.2) is 0 Å². The van der Waals surface area contributed by atoms with E-state index in [1.807, 2.05) is 11.3 Å². The van der Waals surface area contributed by atoms with E-state index in [-0.39, 0.29) is 0 Å². The maximum absolute atomic E-state index is 2.40. The van der Waals surface area contributed by atoms with Crippen LogP contribution >= 0.6 is 11.3 Å². The summed E-state index contributed by atoms with van der Waals surface area (Å²) in [7, 11) is 0. The average Bonchev–Trinajstić information content (AvgIpc) is 3.59. The molecule has 0 saturated heterocycles. The number of anilines is 3. The van der Waals surface area contributed by atoms with Crippen molar-refractivity contribution >= 4 is 91.7 Å². The van der Waals surface area contributed by atoms with Crippen LogP contribution < -0.4 is 4.90 Å². The van der Waals surface area contributed by atoms with E-state index in [0.717, 1.165) is 17.1 Å². The molecule has 10 aromatic carbocycles. The lowest BCUT2D eigenvalue weighted by Gasteiger charge is -2.27. The molecule has 0 atom stereocenters. The topological polar surface area (TPSA) is 3.24 Å². The highest BCUT2D eigenvalue weighted by Crippen LogP contribution is 2.42. The zero-order valence-corrected chi connectivity index (χ0v) is 30.2. The van der Waals surface area contributed by atoms with Crippen molar-refractivity contribution in [1.82, 2.24) is 0 Å². The third-order valence-electron chi connectivity index (χ3n) is 11.0. The van der Waals surface area contributed by atoms with Crippen LogP contribution in [-0.4, -0.2) is 0 Å². The SMILES string of the molecule is c1cc(-c2ccc3ccccc3c2)cc(N(c2ccc(-c3ccc4c(c3)sc3cc5ccccc5cc34)cc2)c2ccc3ccc4ccccc4c3c2)c1. The van der Waals surface area contributed by atoms with Crippen LogP contribution in [0.5, 0.6) is 0 Å². The van der Waals surface area contributed by atoms with Crippen molar-refractivity contribution in [2.45, 2.75) is 0 Å². The van der Waals surface area contributed by atoms with E-state index in [9.17, 15) is 0 Å². The number of thiophene rings is 1. The highest BCUT2D eigenvalue weighted by molar-refractivity contribution is 7.25. The zero-order valence-electron chi connectivity index (χ0n) is 29.4. The molecule has 11 aromatic rings. The van der Waals surface area contributed by atoms with Crippen LogP contribution in [0.4, 0.5) is 17.1 Å². The van der Waals surface area contributed by atoms with Gasteiger partial charge in [-0.15, -0.1) is 11.3 Å². The van der Waals surface area contributed by atoms with Crippen LogP contribution in [0.3, 0.4) is 0 Å². The molecule has 11 rings (SSSR count). The standard InChI is InChI=1S/C52H33NS/c1-2-10-38-28-42(19-16-34(38)8-1)39-13-7-14-45(29-39)53(46-26-22-37-18-17-36-9-5-6-15-47(36)49(37)33-46)44-24-20-35(21-25-44)43-23-27-48-50-30-40-11-3-4-12-41(40)31-52(50)54-51(48)32-43/h1-33H. The molecule has 2 heteroatoms. The smallest absolute Gasteiger partial charge is 0.0468 e. The molecule has 1 aromatic heterocycles. The first kappa shape index (κ1) is 30.8. The Balaban J connectivity index is 1.03. The minimum atomic E-state index is 1.11. The Morgan fingerprint density at radius 1 is 0.259 bits per heavy atom. The van der Waals surface area contributed by atoms with Crippen molar-refractivity contribution in [1.29, 1.82) is 0 Å². The van der Waals surface area contributed by atoms with Crippen molar-refractivity contribution in [2.24, 2.45) is 0 Å². The van der Waals surface area contributed by atoms with Gasteiger partial charge < -0.3 is 4.90 Å². The van der Waals surface area contributed by atoms with Gasteiger partial charge in [0.2, 0.25) is 0 Å². The van der Waals surface area contributed by atoms with Gasteiger partial charge in [0.05, 0.1) is 0 Å². The van der Waals surface area contributed by atoms with Crippen molar-refractivity contribution in [3.8, 4) is 22.3 Å². The Kier molecular flexibility index (Phi) is 7.11. The first-order valence-electron chi connectivity index (χ1n) is 18.5. The number of hydrogen-bond acceptors (Lipinski definition) is 2. The van der Waals surface area contributed by atoms with Crippen molar-refractivity contribution < 1.29 is 0 Å². The number of hydrogen-bond donors (Lipinski definition) is 0. The molecule has 0 aliphatic heterocycles. The summed E-state index contributed by atoms with van der Waals surface area (Å²) in [4.78, 5) is 2.40. The Morgan fingerprint density at radius 3 is 1.65 bits per heavy atom. The van der Waals surface area contributed by atoms with E-state index in [2.05, 4.69) is 205 Å². The summed E-state index contributed by atoms with van der Waals surface area (Å²) in [5.74, 6) is 0. The van der Waals surface area contributed by atoms with E-state index >= 15 is 0 Å². The molecule has 252 valence electrons. The Morgan fingerprint density at radius 2 is 0.815 bits per heavy atom. The Labute approximate surface area is 317 Å². The summed E-state index contributed by atoms with van der Waals surface area (Å²) in [6.45, 7) is 0. The lowest BCUT2D eigenvalue weighted by molar-refractivity contribution is 1.29. The number of rotatable bonds is 5. The fraction of sp³-hybridized carbons (Fsp3) is 0. The minimum absolute atomic E-state index is 1.11. The summed E-state index contributed by atoms with van der Waals surface area (Å²) in [6, 6.07) is 73.6. The molecule has 0 N–H and O–H groups in total. The second-order valence-electron chi connectivity index (χ2n) is 14.2. The second kappa shape index (κ2) is 12.4. The van der Waals surface area contributed by atoms with Gasteiger partial charge in [0.25, 0.3) is 0 Å². The van der Waals surface area contributed by atoms with Crippen LogP contribution in [-0.2, 0) is 0 Å². The molecule has 0 saturated carbocycles.